The van der Waals surface area contributed by atoms with E-state index in [9.17, 15) is 5.11 Å². The molecule has 1 saturated heterocycles. The molecule has 1 unspecified atom stereocenters. The zero-order valence-corrected chi connectivity index (χ0v) is 8.69. The van der Waals surface area contributed by atoms with Crippen molar-refractivity contribution < 1.29 is 14.6 Å². The van der Waals surface area contributed by atoms with Gasteiger partial charge in [-0.2, -0.15) is 0 Å². The smallest absolute Gasteiger partial charge is 0.114 e. The fourth-order valence-corrected chi connectivity index (χ4v) is 1.40. The Bertz CT molecular complexity index is 167. The Labute approximate surface area is 85.1 Å². The number of aliphatic hydroxyl groups excluding tert-OH is 1. The lowest BCUT2D eigenvalue weighted by Gasteiger charge is -2.28. The topological polar surface area (TPSA) is 41.9 Å². The number of β-amino-alcohol motifs (C(OH)–C–C–N with tert-alkyl or cyclic N) is 1. The number of hydrogen-bond donors (Lipinski definition) is 1. The highest BCUT2D eigenvalue weighted by Gasteiger charge is 2.14. The molecule has 0 aromatic heterocycles. The lowest BCUT2D eigenvalue weighted by molar-refractivity contribution is -0.000343. The molecule has 4 nitrogen and oxygen atoms in total. The Balaban J connectivity index is 2.08. The van der Waals surface area contributed by atoms with E-state index in [1.165, 1.54) is 0 Å². The van der Waals surface area contributed by atoms with Gasteiger partial charge in [-0.1, -0.05) is 6.08 Å². The summed E-state index contributed by atoms with van der Waals surface area (Å²) in [5.41, 5.74) is 0. The van der Waals surface area contributed by atoms with Crippen LogP contribution in [-0.2, 0) is 9.47 Å². The summed E-state index contributed by atoms with van der Waals surface area (Å²) in [6.45, 7) is 6.25. The van der Waals surface area contributed by atoms with E-state index in [1.807, 2.05) is 6.92 Å². The quantitative estimate of drug-likeness (QED) is 0.647. The number of nitrogens with zero attached hydrogens (tertiary/aromatic N) is 1. The summed E-state index contributed by atoms with van der Waals surface area (Å²) in [4.78, 5) is 2.19. The van der Waals surface area contributed by atoms with E-state index in [2.05, 4.69) is 4.90 Å². The van der Waals surface area contributed by atoms with E-state index in [1.54, 1.807) is 12.3 Å². The van der Waals surface area contributed by atoms with Crippen molar-refractivity contribution in [2.24, 2.45) is 0 Å². The molecule has 1 aliphatic rings. The summed E-state index contributed by atoms with van der Waals surface area (Å²) < 4.78 is 10.3. The first kappa shape index (κ1) is 11.5. The predicted octanol–water partition coefficient (Wildman–Crippen LogP) is 0.230. The first-order chi connectivity index (χ1) is 6.83. The van der Waals surface area contributed by atoms with Gasteiger partial charge in [0.05, 0.1) is 19.5 Å². The summed E-state index contributed by atoms with van der Waals surface area (Å²) >= 11 is 0. The van der Waals surface area contributed by atoms with Crippen LogP contribution in [0, 0.1) is 0 Å². The van der Waals surface area contributed by atoms with Gasteiger partial charge in [0.2, 0.25) is 0 Å². The van der Waals surface area contributed by atoms with Crippen LogP contribution in [0.1, 0.15) is 6.92 Å². The first-order valence-electron chi connectivity index (χ1n) is 5.04. The van der Waals surface area contributed by atoms with Crippen molar-refractivity contribution in [1.29, 1.82) is 0 Å². The predicted molar refractivity (Wildman–Crippen MR) is 54.0 cm³/mol. The fourth-order valence-electron chi connectivity index (χ4n) is 1.40. The van der Waals surface area contributed by atoms with E-state index in [0.717, 1.165) is 26.3 Å². The van der Waals surface area contributed by atoms with Crippen LogP contribution in [0.5, 0.6) is 0 Å². The van der Waals surface area contributed by atoms with Gasteiger partial charge in [0.15, 0.2) is 0 Å². The van der Waals surface area contributed by atoms with Gasteiger partial charge in [0.25, 0.3) is 0 Å². The van der Waals surface area contributed by atoms with Crippen LogP contribution in [0.3, 0.4) is 0 Å². The molecule has 0 aromatic carbocycles. The Morgan fingerprint density at radius 2 is 2.21 bits per heavy atom. The monoisotopic (exact) mass is 201 g/mol. The molecule has 1 rings (SSSR count). The van der Waals surface area contributed by atoms with Gasteiger partial charge in [-0.25, -0.2) is 0 Å². The maximum absolute atomic E-state index is 9.59. The molecule has 0 amide bonds. The average molecular weight is 201 g/mol. The van der Waals surface area contributed by atoms with Crippen molar-refractivity contribution in [1.82, 2.24) is 4.90 Å². The van der Waals surface area contributed by atoms with Crippen molar-refractivity contribution in [3.63, 3.8) is 0 Å². The summed E-state index contributed by atoms with van der Waals surface area (Å²) in [7, 11) is 0. The van der Waals surface area contributed by atoms with Gasteiger partial charge in [-0.05, 0) is 6.92 Å². The van der Waals surface area contributed by atoms with Gasteiger partial charge in [-0.3, -0.25) is 4.90 Å². The molecule has 4 heteroatoms. The Morgan fingerprint density at radius 1 is 1.50 bits per heavy atom. The normalized spacial score (nSPS) is 21.3. The third-order valence-corrected chi connectivity index (χ3v) is 2.09. The second-order valence-corrected chi connectivity index (χ2v) is 3.37. The van der Waals surface area contributed by atoms with Crippen molar-refractivity contribution in [3.8, 4) is 0 Å². The lowest BCUT2D eigenvalue weighted by atomic mass is 10.3. The van der Waals surface area contributed by atoms with E-state index in [0.29, 0.717) is 13.2 Å². The molecule has 0 aliphatic carbocycles. The van der Waals surface area contributed by atoms with E-state index in [4.69, 9.17) is 9.47 Å². The van der Waals surface area contributed by atoms with Gasteiger partial charge >= 0.3 is 0 Å². The fraction of sp³-hybridized carbons (Fsp3) is 0.800. The molecule has 1 heterocycles. The highest BCUT2D eigenvalue weighted by Crippen LogP contribution is 1.99. The second kappa shape index (κ2) is 6.81. The minimum Gasteiger partial charge on any atom is -0.499 e. The van der Waals surface area contributed by atoms with Crippen LogP contribution in [0.4, 0.5) is 0 Å². The molecule has 0 bridgehead atoms. The van der Waals surface area contributed by atoms with Crippen LogP contribution in [-0.4, -0.2) is 55.6 Å². The van der Waals surface area contributed by atoms with Crippen molar-refractivity contribution in [3.05, 3.63) is 12.3 Å². The zero-order valence-electron chi connectivity index (χ0n) is 8.69. The largest absolute Gasteiger partial charge is 0.499 e. The van der Waals surface area contributed by atoms with E-state index >= 15 is 0 Å². The summed E-state index contributed by atoms with van der Waals surface area (Å²) in [5.74, 6) is 0. The Hall–Kier alpha value is -0.580. The number of allylic oxidation sites excluding steroid dienone is 1. The average Bonchev–Trinajstić information content (AvgIpc) is 2.20. The SMILES string of the molecule is C/C=C/OCC(O)CN1CCOCC1. The number of ether oxygens (including phenoxy) is 2. The van der Waals surface area contributed by atoms with Gasteiger partial charge < -0.3 is 14.6 Å². The van der Waals surface area contributed by atoms with Crippen LogP contribution < -0.4 is 0 Å². The molecule has 14 heavy (non-hydrogen) atoms. The molecule has 0 radical (unpaired) electrons. The van der Waals surface area contributed by atoms with Gasteiger partial charge in [-0.15, -0.1) is 0 Å². The third-order valence-electron chi connectivity index (χ3n) is 2.09. The van der Waals surface area contributed by atoms with Crippen LogP contribution in [0.15, 0.2) is 12.3 Å². The van der Waals surface area contributed by atoms with Crippen molar-refractivity contribution in [2.45, 2.75) is 13.0 Å². The number of hydrogen-bond acceptors (Lipinski definition) is 4. The molecular weight excluding hydrogens is 182 g/mol. The van der Waals surface area contributed by atoms with Gasteiger partial charge in [0.1, 0.15) is 12.7 Å². The molecule has 1 fully saturated rings. The molecule has 1 aliphatic heterocycles. The highest BCUT2D eigenvalue weighted by atomic mass is 16.5. The van der Waals surface area contributed by atoms with Crippen molar-refractivity contribution >= 4 is 0 Å². The molecule has 82 valence electrons. The Kier molecular flexibility index (Phi) is 5.59. The minimum absolute atomic E-state index is 0.363. The van der Waals surface area contributed by atoms with E-state index < -0.39 is 6.10 Å². The molecule has 0 spiro atoms. The van der Waals surface area contributed by atoms with Crippen LogP contribution in [0.2, 0.25) is 0 Å². The van der Waals surface area contributed by atoms with Gasteiger partial charge in [0, 0.05) is 19.6 Å². The highest BCUT2D eigenvalue weighted by molar-refractivity contribution is 4.70. The standard InChI is InChI=1S/C10H19NO3/c1-2-5-14-9-10(12)8-11-3-6-13-7-4-11/h2,5,10,12H,3-4,6-9H2,1H3/b5-2+. The molecule has 1 N–H and O–H groups in total. The molecular formula is C10H19NO3. The van der Waals surface area contributed by atoms with E-state index in [-0.39, 0.29) is 0 Å². The molecule has 1 atom stereocenters. The summed E-state index contributed by atoms with van der Waals surface area (Å²) in [5, 5.41) is 9.59. The minimum atomic E-state index is -0.413. The lowest BCUT2D eigenvalue weighted by Crippen LogP contribution is -2.42. The zero-order chi connectivity index (χ0) is 10.2. The summed E-state index contributed by atoms with van der Waals surface area (Å²) in [6.07, 6.45) is 2.99. The number of aliphatic hydroxyl groups is 1. The van der Waals surface area contributed by atoms with Crippen LogP contribution >= 0.6 is 0 Å². The molecule has 0 aromatic rings. The Morgan fingerprint density at radius 3 is 2.86 bits per heavy atom. The summed E-state index contributed by atoms with van der Waals surface area (Å²) in [6, 6.07) is 0. The number of rotatable bonds is 5. The molecule has 0 saturated carbocycles. The van der Waals surface area contributed by atoms with Crippen LogP contribution in [0.25, 0.3) is 0 Å². The maximum Gasteiger partial charge on any atom is 0.114 e. The second-order valence-electron chi connectivity index (χ2n) is 3.37. The third kappa shape index (κ3) is 4.60. The van der Waals surface area contributed by atoms with Crippen molar-refractivity contribution in [2.75, 3.05) is 39.5 Å². The maximum atomic E-state index is 9.59. The number of morpholine rings is 1. The first-order valence-corrected chi connectivity index (χ1v) is 5.04.